The standard InChI is InChI=1S/C8H10BrN5/c1-2-5(10)7-12-13-8-6(9)11-3-4-14(7)8/h3-5H,2,10H2,1H3. The molecule has 1 unspecified atom stereocenters. The summed E-state index contributed by atoms with van der Waals surface area (Å²) in [5.74, 6) is 0.769. The van der Waals surface area contributed by atoms with Gasteiger partial charge in [0.25, 0.3) is 0 Å². The zero-order valence-corrected chi connectivity index (χ0v) is 9.27. The highest BCUT2D eigenvalue weighted by atomic mass is 79.9. The highest BCUT2D eigenvalue weighted by molar-refractivity contribution is 9.10. The van der Waals surface area contributed by atoms with Gasteiger partial charge in [-0.1, -0.05) is 6.92 Å². The van der Waals surface area contributed by atoms with Crippen LogP contribution < -0.4 is 5.73 Å². The molecular formula is C8H10BrN5. The molecule has 2 rings (SSSR count). The molecule has 0 amide bonds. The Labute approximate surface area is 89.5 Å². The van der Waals surface area contributed by atoms with E-state index in [0.717, 1.165) is 12.2 Å². The Morgan fingerprint density at radius 3 is 3.07 bits per heavy atom. The number of hydrogen-bond donors (Lipinski definition) is 1. The predicted molar refractivity (Wildman–Crippen MR) is 55.7 cm³/mol. The molecule has 5 nitrogen and oxygen atoms in total. The summed E-state index contributed by atoms with van der Waals surface area (Å²) in [6.45, 7) is 2.02. The van der Waals surface area contributed by atoms with Crippen LogP contribution in [0.3, 0.4) is 0 Å². The largest absolute Gasteiger partial charge is 0.321 e. The van der Waals surface area contributed by atoms with Gasteiger partial charge in [-0.05, 0) is 22.4 Å². The van der Waals surface area contributed by atoms with Crippen molar-refractivity contribution in [3.8, 4) is 0 Å². The van der Waals surface area contributed by atoms with Crippen LogP contribution in [0.15, 0.2) is 17.0 Å². The number of nitrogens with two attached hydrogens (primary N) is 1. The van der Waals surface area contributed by atoms with Crippen LogP contribution in [0.5, 0.6) is 0 Å². The van der Waals surface area contributed by atoms with E-state index in [1.54, 1.807) is 6.20 Å². The van der Waals surface area contributed by atoms with Crippen molar-refractivity contribution in [3.05, 3.63) is 22.8 Å². The lowest BCUT2D eigenvalue weighted by molar-refractivity contribution is 0.640. The van der Waals surface area contributed by atoms with Crippen LogP contribution in [0.2, 0.25) is 0 Å². The summed E-state index contributed by atoms with van der Waals surface area (Å²) >= 11 is 3.31. The molecule has 74 valence electrons. The summed E-state index contributed by atoms with van der Waals surface area (Å²) in [6.07, 6.45) is 4.33. The average Bonchev–Trinajstić information content (AvgIpc) is 2.62. The van der Waals surface area contributed by atoms with Gasteiger partial charge < -0.3 is 5.73 Å². The van der Waals surface area contributed by atoms with Crippen molar-refractivity contribution >= 4 is 21.6 Å². The molecule has 2 heterocycles. The summed E-state index contributed by atoms with van der Waals surface area (Å²) in [6, 6.07) is -0.0840. The molecule has 1 atom stereocenters. The van der Waals surface area contributed by atoms with Gasteiger partial charge in [-0.25, -0.2) is 4.98 Å². The van der Waals surface area contributed by atoms with Gasteiger partial charge in [0, 0.05) is 12.4 Å². The van der Waals surface area contributed by atoms with Gasteiger partial charge in [-0.2, -0.15) is 0 Å². The molecule has 2 aromatic rings. The Hall–Kier alpha value is -1.01. The first kappa shape index (κ1) is 9.54. The molecule has 2 aromatic heterocycles. The van der Waals surface area contributed by atoms with Gasteiger partial charge in [0.15, 0.2) is 16.1 Å². The van der Waals surface area contributed by atoms with Crippen LogP contribution in [-0.2, 0) is 0 Å². The second kappa shape index (κ2) is 3.62. The smallest absolute Gasteiger partial charge is 0.194 e. The van der Waals surface area contributed by atoms with E-state index in [9.17, 15) is 0 Å². The minimum Gasteiger partial charge on any atom is -0.321 e. The van der Waals surface area contributed by atoms with Crippen molar-refractivity contribution in [2.45, 2.75) is 19.4 Å². The Balaban J connectivity index is 2.63. The molecule has 0 saturated heterocycles. The first-order valence-electron chi connectivity index (χ1n) is 4.34. The van der Waals surface area contributed by atoms with Gasteiger partial charge in [0.1, 0.15) is 0 Å². The van der Waals surface area contributed by atoms with Crippen molar-refractivity contribution in [1.29, 1.82) is 0 Å². The minimum absolute atomic E-state index is 0.0840. The lowest BCUT2D eigenvalue weighted by atomic mass is 10.2. The molecule has 0 bridgehead atoms. The highest BCUT2D eigenvalue weighted by Crippen LogP contribution is 2.17. The average molecular weight is 256 g/mol. The molecule has 0 saturated carbocycles. The molecule has 2 N–H and O–H groups in total. The van der Waals surface area contributed by atoms with E-state index in [-0.39, 0.29) is 6.04 Å². The molecule has 6 heteroatoms. The van der Waals surface area contributed by atoms with Gasteiger partial charge in [0.05, 0.1) is 6.04 Å². The lowest BCUT2D eigenvalue weighted by Gasteiger charge is -2.05. The summed E-state index contributed by atoms with van der Waals surface area (Å²) < 4.78 is 2.53. The van der Waals surface area contributed by atoms with Gasteiger partial charge >= 0.3 is 0 Å². The van der Waals surface area contributed by atoms with E-state index in [4.69, 9.17) is 5.73 Å². The van der Waals surface area contributed by atoms with Crippen molar-refractivity contribution in [3.63, 3.8) is 0 Å². The van der Waals surface area contributed by atoms with E-state index in [2.05, 4.69) is 31.1 Å². The number of rotatable bonds is 2. The van der Waals surface area contributed by atoms with Gasteiger partial charge in [-0.15, -0.1) is 10.2 Å². The number of aromatic nitrogens is 4. The van der Waals surface area contributed by atoms with Crippen LogP contribution in [-0.4, -0.2) is 19.6 Å². The maximum atomic E-state index is 5.90. The van der Waals surface area contributed by atoms with Crippen LogP contribution in [0, 0.1) is 0 Å². The van der Waals surface area contributed by atoms with Crippen molar-refractivity contribution < 1.29 is 0 Å². The zero-order chi connectivity index (χ0) is 10.1. The summed E-state index contributed by atoms with van der Waals surface area (Å²) in [5, 5.41) is 8.06. The summed E-state index contributed by atoms with van der Waals surface area (Å²) in [5.41, 5.74) is 6.60. The summed E-state index contributed by atoms with van der Waals surface area (Å²) in [7, 11) is 0. The second-order valence-electron chi connectivity index (χ2n) is 2.98. The molecule has 0 aliphatic rings. The third-order valence-corrected chi connectivity index (χ3v) is 2.64. The number of nitrogens with zero attached hydrogens (tertiary/aromatic N) is 4. The maximum Gasteiger partial charge on any atom is 0.194 e. The lowest BCUT2D eigenvalue weighted by Crippen LogP contribution is -2.12. The Bertz CT molecular complexity index is 452. The Morgan fingerprint density at radius 1 is 1.57 bits per heavy atom. The van der Waals surface area contributed by atoms with E-state index in [1.807, 2.05) is 17.5 Å². The highest BCUT2D eigenvalue weighted by Gasteiger charge is 2.13. The molecule has 14 heavy (non-hydrogen) atoms. The van der Waals surface area contributed by atoms with Gasteiger partial charge in [0.2, 0.25) is 0 Å². The maximum absolute atomic E-state index is 5.90. The van der Waals surface area contributed by atoms with Crippen LogP contribution in [0.4, 0.5) is 0 Å². The van der Waals surface area contributed by atoms with Gasteiger partial charge in [-0.3, -0.25) is 4.40 Å². The second-order valence-corrected chi connectivity index (χ2v) is 3.74. The fourth-order valence-electron chi connectivity index (χ4n) is 1.25. The number of hydrogen-bond acceptors (Lipinski definition) is 4. The molecule has 0 radical (unpaired) electrons. The van der Waals surface area contributed by atoms with Crippen LogP contribution in [0.25, 0.3) is 5.65 Å². The fraction of sp³-hybridized carbons (Fsp3) is 0.375. The van der Waals surface area contributed by atoms with E-state index in [0.29, 0.717) is 10.3 Å². The summed E-state index contributed by atoms with van der Waals surface area (Å²) in [4.78, 5) is 4.06. The van der Waals surface area contributed by atoms with Crippen molar-refractivity contribution in [2.75, 3.05) is 0 Å². The zero-order valence-electron chi connectivity index (χ0n) is 7.68. The van der Waals surface area contributed by atoms with Crippen molar-refractivity contribution in [2.24, 2.45) is 5.73 Å². The molecule has 0 aliphatic heterocycles. The Kier molecular flexibility index (Phi) is 2.47. The third kappa shape index (κ3) is 1.40. The van der Waals surface area contributed by atoms with E-state index in [1.165, 1.54) is 0 Å². The van der Waals surface area contributed by atoms with Crippen molar-refractivity contribution in [1.82, 2.24) is 19.6 Å². The third-order valence-electron chi connectivity index (χ3n) is 2.08. The first-order chi connectivity index (χ1) is 6.74. The minimum atomic E-state index is -0.0840. The Morgan fingerprint density at radius 2 is 2.36 bits per heavy atom. The topological polar surface area (TPSA) is 69.1 Å². The molecular weight excluding hydrogens is 246 g/mol. The van der Waals surface area contributed by atoms with E-state index < -0.39 is 0 Å². The quantitative estimate of drug-likeness (QED) is 0.879. The first-order valence-corrected chi connectivity index (χ1v) is 5.14. The number of fused-ring (bicyclic) bond motifs is 1. The molecule has 0 fully saturated rings. The molecule has 0 aliphatic carbocycles. The molecule has 0 aromatic carbocycles. The van der Waals surface area contributed by atoms with E-state index >= 15 is 0 Å². The normalized spacial score (nSPS) is 13.4. The van der Waals surface area contributed by atoms with Crippen LogP contribution in [0.1, 0.15) is 25.2 Å². The molecule has 0 spiro atoms. The van der Waals surface area contributed by atoms with Crippen LogP contribution >= 0.6 is 15.9 Å². The number of halogens is 1. The predicted octanol–water partition coefficient (Wildman–Crippen LogP) is 1.30. The monoisotopic (exact) mass is 255 g/mol. The fourth-order valence-corrected chi connectivity index (χ4v) is 1.64. The SMILES string of the molecule is CCC(N)c1nnc2c(Br)nccn12.